The van der Waals surface area contributed by atoms with E-state index in [-0.39, 0.29) is 0 Å². The quantitative estimate of drug-likeness (QED) is 0.504. The highest BCUT2D eigenvalue weighted by Gasteiger charge is 2.02. The summed E-state index contributed by atoms with van der Waals surface area (Å²) < 4.78 is 2.05. The van der Waals surface area contributed by atoms with Crippen LogP contribution in [0.25, 0.3) is 0 Å². The maximum Gasteiger partial charge on any atom is 0.191 e. The van der Waals surface area contributed by atoms with Crippen molar-refractivity contribution in [2.75, 3.05) is 13.1 Å². The molecule has 0 bridgehead atoms. The van der Waals surface area contributed by atoms with Gasteiger partial charge in [0.15, 0.2) is 5.96 Å². The fourth-order valence-electron chi connectivity index (χ4n) is 1.91. The van der Waals surface area contributed by atoms with Crippen molar-refractivity contribution in [3.8, 4) is 0 Å². The van der Waals surface area contributed by atoms with Gasteiger partial charge in [0.25, 0.3) is 0 Å². The van der Waals surface area contributed by atoms with Gasteiger partial charge in [0.2, 0.25) is 0 Å². The number of nitrogens with one attached hydrogen (secondary N) is 3. The fourth-order valence-corrected chi connectivity index (χ4v) is 1.91. The van der Waals surface area contributed by atoms with E-state index >= 15 is 0 Å². The van der Waals surface area contributed by atoms with E-state index in [1.165, 1.54) is 0 Å². The van der Waals surface area contributed by atoms with Crippen LogP contribution >= 0.6 is 0 Å². The highest BCUT2D eigenvalue weighted by molar-refractivity contribution is 5.79. The van der Waals surface area contributed by atoms with E-state index in [9.17, 15) is 0 Å². The molecule has 8 nitrogen and oxygen atoms in total. The monoisotopic (exact) mass is 290 g/mol. The average molecular weight is 290 g/mol. The normalized spacial score (nSPS) is 11.6. The molecule has 0 aliphatic carbocycles. The summed E-state index contributed by atoms with van der Waals surface area (Å²) in [6.45, 7) is 7.08. The molecular weight excluding hydrogens is 268 g/mol. The highest BCUT2D eigenvalue weighted by atomic mass is 15.3. The lowest BCUT2D eigenvalue weighted by Gasteiger charge is -2.12. The standard InChI is InChI=1S/C13H22N8/c1-3-12-20-18-10-21(12)8-7-15-13(14-4-2)16-9-11-5-6-17-19-11/h5-6,10H,3-4,7-9H2,1-2H3,(H,17,19)(H2,14,15,16). The van der Waals surface area contributed by atoms with Gasteiger partial charge in [-0.05, 0) is 13.0 Å². The summed E-state index contributed by atoms with van der Waals surface area (Å²) in [6, 6.07) is 1.91. The number of hydrogen-bond donors (Lipinski definition) is 3. The van der Waals surface area contributed by atoms with Gasteiger partial charge in [0, 0.05) is 32.3 Å². The molecule has 2 aromatic heterocycles. The van der Waals surface area contributed by atoms with Gasteiger partial charge in [-0.1, -0.05) is 6.92 Å². The molecule has 3 N–H and O–H groups in total. The lowest BCUT2D eigenvalue weighted by molar-refractivity contribution is 0.632. The summed E-state index contributed by atoms with van der Waals surface area (Å²) in [5, 5.41) is 21.3. The van der Waals surface area contributed by atoms with Gasteiger partial charge in [-0.15, -0.1) is 10.2 Å². The van der Waals surface area contributed by atoms with E-state index in [0.29, 0.717) is 6.54 Å². The molecule has 2 heterocycles. The van der Waals surface area contributed by atoms with Crippen molar-refractivity contribution in [3.63, 3.8) is 0 Å². The van der Waals surface area contributed by atoms with Crippen LogP contribution in [-0.4, -0.2) is 44.0 Å². The Bertz CT molecular complexity index is 542. The van der Waals surface area contributed by atoms with Crippen molar-refractivity contribution >= 4 is 5.96 Å². The van der Waals surface area contributed by atoms with Crippen LogP contribution in [-0.2, 0) is 19.5 Å². The highest BCUT2D eigenvalue weighted by Crippen LogP contribution is 1.95. The Hall–Kier alpha value is -2.38. The molecule has 0 saturated carbocycles. The summed E-state index contributed by atoms with van der Waals surface area (Å²) in [7, 11) is 0. The van der Waals surface area contributed by atoms with Crippen LogP contribution in [0.3, 0.4) is 0 Å². The molecule has 0 atom stereocenters. The Morgan fingerprint density at radius 3 is 3.00 bits per heavy atom. The first kappa shape index (κ1) is 15.0. The van der Waals surface area contributed by atoms with Gasteiger partial charge < -0.3 is 15.2 Å². The number of aryl methyl sites for hydroxylation is 1. The summed E-state index contributed by atoms with van der Waals surface area (Å²) >= 11 is 0. The Morgan fingerprint density at radius 1 is 1.38 bits per heavy atom. The molecular formula is C13H22N8. The molecule has 0 aromatic carbocycles. The zero-order chi connectivity index (χ0) is 14.9. The zero-order valence-electron chi connectivity index (χ0n) is 12.5. The molecule has 0 aliphatic heterocycles. The fraction of sp³-hybridized carbons (Fsp3) is 0.538. The van der Waals surface area contributed by atoms with E-state index in [1.807, 2.05) is 17.6 Å². The van der Waals surface area contributed by atoms with E-state index < -0.39 is 0 Å². The molecule has 21 heavy (non-hydrogen) atoms. The minimum atomic E-state index is 0.572. The first-order valence-electron chi connectivity index (χ1n) is 7.20. The minimum absolute atomic E-state index is 0.572. The number of aromatic amines is 1. The topological polar surface area (TPSA) is 95.8 Å². The minimum Gasteiger partial charge on any atom is -0.357 e. The van der Waals surface area contributed by atoms with Gasteiger partial charge in [-0.2, -0.15) is 5.10 Å². The van der Waals surface area contributed by atoms with Crippen LogP contribution in [0.5, 0.6) is 0 Å². The summed E-state index contributed by atoms with van der Waals surface area (Å²) in [5.41, 5.74) is 0.985. The van der Waals surface area contributed by atoms with Gasteiger partial charge in [-0.25, -0.2) is 4.99 Å². The molecule has 0 saturated heterocycles. The van der Waals surface area contributed by atoms with Crippen LogP contribution in [0.2, 0.25) is 0 Å². The van der Waals surface area contributed by atoms with Crippen LogP contribution in [0.1, 0.15) is 25.4 Å². The largest absolute Gasteiger partial charge is 0.357 e. The number of aromatic nitrogens is 5. The number of nitrogens with zero attached hydrogens (tertiary/aromatic N) is 5. The average Bonchev–Trinajstić information content (AvgIpc) is 3.16. The Labute approximate surface area is 124 Å². The third-order valence-corrected chi connectivity index (χ3v) is 2.97. The Kier molecular flexibility index (Phi) is 5.74. The molecule has 2 aromatic rings. The van der Waals surface area contributed by atoms with Gasteiger partial charge in [0.1, 0.15) is 12.2 Å². The van der Waals surface area contributed by atoms with E-state index in [0.717, 1.165) is 43.5 Å². The molecule has 0 fully saturated rings. The van der Waals surface area contributed by atoms with Crippen molar-refractivity contribution in [1.29, 1.82) is 0 Å². The molecule has 114 valence electrons. The van der Waals surface area contributed by atoms with Crippen LogP contribution < -0.4 is 10.6 Å². The van der Waals surface area contributed by atoms with E-state index in [1.54, 1.807) is 12.5 Å². The predicted molar refractivity (Wildman–Crippen MR) is 80.8 cm³/mol. The summed E-state index contributed by atoms with van der Waals surface area (Å²) in [5.74, 6) is 1.79. The third-order valence-electron chi connectivity index (χ3n) is 2.97. The number of aliphatic imine (C=N–C) groups is 1. The van der Waals surface area contributed by atoms with E-state index in [2.05, 4.69) is 42.9 Å². The smallest absolute Gasteiger partial charge is 0.191 e. The predicted octanol–water partition coefficient (Wildman–Crippen LogP) is 0.319. The number of H-pyrrole nitrogens is 1. The number of guanidine groups is 1. The second-order valence-corrected chi connectivity index (χ2v) is 4.50. The van der Waals surface area contributed by atoms with Crippen molar-refractivity contribution in [2.45, 2.75) is 33.4 Å². The molecule has 2 rings (SSSR count). The van der Waals surface area contributed by atoms with Crippen molar-refractivity contribution in [3.05, 3.63) is 30.1 Å². The summed E-state index contributed by atoms with van der Waals surface area (Å²) in [4.78, 5) is 4.50. The Balaban J connectivity index is 1.83. The van der Waals surface area contributed by atoms with Crippen molar-refractivity contribution < 1.29 is 0 Å². The molecule has 8 heteroatoms. The second kappa shape index (κ2) is 8.03. The zero-order valence-corrected chi connectivity index (χ0v) is 12.5. The maximum absolute atomic E-state index is 4.50. The SMILES string of the molecule is CCNC(=NCc1ccn[nH]1)NCCn1cnnc1CC. The molecule has 0 aliphatic rings. The van der Waals surface area contributed by atoms with Gasteiger partial charge in [0.05, 0.1) is 12.2 Å². The van der Waals surface area contributed by atoms with E-state index in [4.69, 9.17) is 0 Å². The molecule has 0 spiro atoms. The molecule has 0 unspecified atom stereocenters. The number of rotatable bonds is 7. The first-order chi connectivity index (χ1) is 10.3. The van der Waals surface area contributed by atoms with Crippen LogP contribution in [0.4, 0.5) is 0 Å². The lowest BCUT2D eigenvalue weighted by atomic mass is 10.4. The van der Waals surface area contributed by atoms with Crippen molar-refractivity contribution in [1.82, 2.24) is 35.6 Å². The van der Waals surface area contributed by atoms with Gasteiger partial charge in [-0.3, -0.25) is 5.10 Å². The van der Waals surface area contributed by atoms with Gasteiger partial charge >= 0.3 is 0 Å². The van der Waals surface area contributed by atoms with Crippen molar-refractivity contribution in [2.24, 2.45) is 4.99 Å². The number of hydrogen-bond acceptors (Lipinski definition) is 4. The third kappa shape index (κ3) is 4.59. The van der Waals surface area contributed by atoms with Crippen LogP contribution in [0.15, 0.2) is 23.6 Å². The second-order valence-electron chi connectivity index (χ2n) is 4.50. The first-order valence-corrected chi connectivity index (χ1v) is 7.20. The lowest BCUT2D eigenvalue weighted by Crippen LogP contribution is -2.38. The maximum atomic E-state index is 4.50. The molecule has 0 radical (unpaired) electrons. The summed E-state index contributed by atoms with van der Waals surface area (Å²) in [6.07, 6.45) is 4.37. The van der Waals surface area contributed by atoms with Crippen LogP contribution in [0, 0.1) is 0 Å². The molecule has 0 amide bonds. The Morgan fingerprint density at radius 2 is 2.29 bits per heavy atom.